The molecule has 0 aliphatic carbocycles. The fourth-order valence-electron chi connectivity index (χ4n) is 1.05. The lowest BCUT2D eigenvalue weighted by Gasteiger charge is -1.97. The standard InChI is InChI=1S/C9H8N4/c1-2-10-7-13-9(1)3-8-4-11-6-12-5-8/h1-2,4-7H,3H2. The molecule has 0 amide bonds. The summed E-state index contributed by atoms with van der Waals surface area (Å²) in [4.78, 5) is 15.8. The highest BCUT2D eigenvalue weighted by Crippen LogP contribution is 2.01. The van der Waals surface area contributed by atoms with Crippen molar-refractivity contribution in [3.05, 3.63) is 48.6 Å². The van der Waals surface area contributed by atoms with Gasteiger partial charge in [0, 0.05) is 30.7 Å². The summed E-state index contributed by atoms with van der Waals surface area (Å²) in [5.74, 6) is 0. The molecule has 0 unspecified atom stereocenters. The largest absolute Gasteiger partial charge is 0.245 e. The molecule has 13 heavy (non-hydrogen) atoms. The van der Waals surface area contributed by atoms with Crippen molar-refractivity contribution >= 4 is 0 Å². The minimum atomic E-state index is 0.753. The van der Waals surface area contributed by atoms with Crippen LogP contribution in [0.1, 0.15) is 11.3 Å². The summed E-state index contributed by atoms with van der Waals surface area (Å²) in [5, 5.41) is 0. The molecule has 2 rings (SSSR count). The molecule has 4 heteroatoms. The first-order chi connectivity index (χ1) is 6.45. The Morgan fingerprint density at radius 1 is 1.00 bits per heavy atom. The normalized spacial score (nSPS) is 9.85. The summed E-state index contributed by atoms with van der Waals surface area (Å²) < 4.78 is 0. The van der Waals surface area contributed by atoms with Gasteiger partial charge in [0.25, 0.3) is 0 Å². The van der Waals surface area contributed by atoms with E-state index < -0.39 is 0 Å². The zero-order chi connectivity index (χ0) is 8.93. The Bertz CT molecular complexity index is 322. The van der Waals surface area contributed by atoms with Crippen molar-refractivity contribution in [3.63, 3.8) is 0 Å². The number of aromatic nitrogens is 4. The van der Waals surface area contributed by atoms with E-state index in [1.54, 1.807) is 24.9 Å². The van der Waals surface area contributed by atoms with Crippen molar-refractivity contribution in [2.45, 2.75) is 6.42 Å². The van der Waals surface area contributed by atoms with Crippen LogP contribution >= 0.6 is 0 Å². The lowest BCUT2D eigenvalue weighted by Crippen LogP contribution is -1.93. The van der Waals surface area contributed by atoms with Gasteiger partial charge in [-0.3, -0.25) is 0 Å². The van der Waals surface area contributed by atoms with E-state index in [1.165, 1.54) is 6.33 Å². The van der Waals surface area contributed by atoms with Gasteiger partial charge in [-0.2, -0.15) is 0 Å². The zero-order valence-electron chi connectivity index (χ0n) is 6.96. The van der Waals surface area contributed by atoms with Crippen LogP contribution in [-0.2, 0) is 6.42 Å². The van der Waals surface area contributed by atoms with Gasteiger partial charge in [0.15, 0.2) is 0 Å². The van der Waals surface area contributed by atoms with E-state index in [4.69, 9.17) is 0 Å². The van der Waals surface area contributed by atoms with E-state index in [9.17, 15) is 0 Å². The van der Waals surface area contributed by atoms with Crippen molar-refractivity contribution in [1.82, 2.24) is 19.9 Å². The third kappa shape index (κ3) is 2.05. The third-order valence-corrected chi connectivity index (χ3v) is 1.64. The van der Waals surface area contributed by atoms with Gasteiger partial charge in [0.2, 0.25) is 0 Å². The van der Waals surface area contributed by atoms with Crippen molar-refractivity contribution < 1.29 is 0 Å². The molecular formula is C9H8N4. The molecule has 2 aromatic rings. The highest BCUT2D eigenvalue weighted by molar-refractivity contribution is 5.13. The zero-order valence-corrected chi connectivity index (χ0v) is 6.96. The SMILES string of the molecule is c1cc(Cc2cncnc2)ncn1. The first-order valence-electron chi connectivity index (χ1n) is 3.94. The fourth-order valence-corrected chi connectivity index (χ4v) is 1.05. The van der Waals surface area contributed by atoms with Gasteiger partial charge in [-0.15, -0.1) is 0 Å². The Morgan fingerprint density at radius 2 is 1.85 bits per heavy atom. The Morgan fingerprint density at radius 3 is 2.54 bits per heavy atom. The topological polar surface area (TPSA) is 51.6 Å². The van der Waals surface area contributed by atoms with Crippen LogP contribution in [0.4, 0.5) is 0 Å². The molecule has 0 saturated carbocycles. The summed E-state index contributed by atoms with van der Waals surface area (Å²) in [6, 6.07) is 1.88. The van der Waals surface area contributed by atoms with Crippen LogP contribution in [-0.4, -0.2) is 19.9 Å². The van der Waals surface area contributed by atoms with Crippen LogP contribution in [0, 0.1) is 0 Å². The van der Waals surface area contributed by atoms with Gasteiger partial charge in [-0.05, 0) is 11.6 Å². The van der Waals surface area contributed by atoms with Crippen LogP contribution in [0.2, 0.25) is 0 Å². The van der Waals surface area contributed by atoms with Crippen LogP contribution in [0.5, 0.6) is 0 Å². The summed E-state index contributed by atoms with van der Waals surface area (Å²) >= 11 is 0. The van der Waals surface area contributed by atoms with Gasteiger partial charge in [-0.1, -0.05) is 0 Å². The highest BCUT2D eigenvalue weighted by atomic mass is 14.8. The number of nitrogens with zero attached hydrogens (tertiary/aromatic N) is 4. The minimum absolute atomic E-state index is 0.753. The molecule has 0 aromatic carbocycles. The van der Waals surface area contributed by atoms with E-state index in [0.29, 0.717) is 0 Å². The quantitative estimate of drug-likeness (QED) is 0.674. The highest BCUT2D eigenvalue weighted by Gasteiger charge is 1.95. The monoisotopic (exact) mass is 172 g/mol. The number of rotatable bonds is 2. The van der Waals surface area contributed by atoms with E-state index >= 15 is 0 Å². The minimum Gasteiger partial charge on any atom is -0.245 e. The van der Waals surface area contributed by atoms with Crippen molar-refractivity contribution in [2.24, 2.45) is 0 Å². The average molecular weight is 172 g/mol. The number of hydrogen-bond acceptors (Lipinski definition) is 4. The van der Waals surface area contributed by atoms with Crippen molar-refractivity contribution in [3.8, 4) is 0 Å². The molecule has 2 heterocycles. The second-order valence-electron chi connectivity index (χ2n) is 2.62. The first-order valence-corrected chi connectivity index (χ1v) is 3.94. The molecular weight excluding hydrogens is 164 g/mol. The Hall–Kier alpha value is -1.84. The molecule has 0 aliphatic rings. The van der Waals surface area contributed by atoms with Gasteiger partial charge in [-0.25, -0.2) is 19.9 Å². The summed E-state index contributed by atoms with van der Waals surface area (Å²) in [6.07, 6.45) is 9.11. The molecule has 64 valence electrons. The maximum Gasteiger partial charge on any atom is 0.115 e. The summed E-state index contributed by atoms with van der Waals surface area (Å²) in [6.45, 7) is 0. The molecule has 0 spiro atoms. The lowest BCUT2D eigenvalue weighted by atomic mass is 10.2. The Labute approximate surface area is 75.7 Å². The van der Waals surface area contributed by atoms with Crippen LogP contribution in [0.3, 0.4) is 0 Å². The second kappa shape index (κ2) is 3.71. The number of hydrogen-bond donors (Lipinski definition) is 0. The first kappa shape index (κ1) is 7.79. The van der Waals surface area contributed by atoms with E-state index in [2.05, 4.69) is 19.9 Å². The van der Waals surface area contributed by atoms with Crippen LogP contribution in [0.25, 0.3) is 0 Å². The maximum absolute atomic E-state index is 4.11. The fraction of sp³-hybridized carbons (Fsp3) is 0.111. The molecule has 0 bridgehead atoms. The van der Waals surface area contributed by atoms with E-state index in [-0.39, 0.29) is 0 Å². The van der Waals surface area contributed by atoms with E-state index in [1.807, 2.05) is 6.07 Å². The predicted octanol–water partition coefficient (Wildman–Crippen LogP) is 0.857. The molecule has 2 aromatic heterocycles. The van der Waals surface area contributed by atoms with Gasteiger partial charge < -0.3 is 0 Å². The van der Waals surface area contributed by atoms with Crippen molar-refractivity contribution in [2.75, 3.05) is 0 Å². The van der Waals surface area contributed by atoms with Crippen LogP contribution < -0.4 is 0 Å². The molecule has 0 N–H and O–H groups in total. The van der Waals surface area contributed by atoms with Gasteiger partial charge >= 0.3 is 0 Å². The molecule has 0 radical (unpaired) electrons. The molecule has 0 atom stereocenters. The summed E-state index contributed by atoms with van der Waals surface area (Å²) in [7, 11) is 0. The van der Waals surface area contributed by atoms with Gasteiger partial charge in [0.05, 0.1) is 0 Å². The molecule has 0 fully saturated rings. The molecule has 0 saturated heterocycles. The van der Waals surface area contributed by atoms with Crippen molar-refractivity contribution in [1.29, 1.82) is 0 Å². The summed E-state index contributed by atoms with van der Waals surface area (Å²) in [5.41, 5.74) is 2.03. The Balaban J connectivity index is 2.16. The lowest BCUT2D eigenvalue weighted by molar-refractivity contribution is 0.997. The maximum atomic E-state index is 4.11. The smallest absolute Gasteiger partial charge is 0.115 e. The predicted molar refractivity (Wildman–Crippen MR) is 46.9 cm³/mol. The van der Waals surface area contributed by atoms with E-state index in [0.717, 1.165) is 17.7 Å². The second-order valence-corrected chi connectivity index (χ2v) is 2.62. The van der Waals surface area contributed by atoms with Crippen LogP contribution in [0.15, 0.2) is 37.3 Å². The third-order valence-electron chi connectivity index (χ3n) is 1.64. The average Bonchev–Trinajstić information content (AvgIpc) is 2.21. The molecule has 4 nitrogen and oxygen atoms in total. The Kier molecular flexibility index (Phi) is 2.22. The molecule has 0 aliphatic heterocycles. The van der Waals surface area contributed by atoms with Gasteiger partial charge in [0.1, 0.15) is 12.7 Å².